The number of nitriles is 1. The van der Waals surface area contributed by atoms with Crippen LogP contribution >= 0.6 is 0 Å². The molecular weight excluding hydrogens is 539 g/mol. The highest BCUT2D eigenvalue weighted by Crippen LogP contribution is 2.45. The summed E-state index contributed by atoms with van der Waals surface area (Å²) in [6.07, 6.45) is 3.93. The molecule has 5 heterocycles. The van der Waals surface area contributed by atoms with Crippen LogP contribution in [0.2, 0.25) is 0 Å². The summed E-state index contributed by atoms with van der Waals surface area (Å²) in [7, 11) is 0. The van der Waals surface area contributed by atoms with E-state index in [-0.39, 0.29) is 17.3 Å². The number of hydrogen-bond donors (Lipinski definition) is 2. The number of carbonyl (C=O) groups is 1. The Morgan fingerprint density at radius 3 is 2.68 bits per heavy atom. The molecule has 0 atom stereocenters. The highest BCUT2D eigenvalue weighted by molar-refractivity contribution is 5.92. The van der Waals surface area contributed by atoms with Crippen LogP contribution in [0.15, 0.2) is 43.1 Å². The molecule has 1 amide bonds. The van der Waals surface area contributed by atoms with Gasteiger partial charge in [-0.1, -0.05) is 0 Å². The average Bonchev–Trinajstić information content (AvgIpc) is 3.64. The van der Waals surface area contributed by atoms with Gasteiger partial charge in [-0.05, 0) is 36.6 Å². The van der Waals surface area contributed by atoms with Crippen LogP contribution in [0, 0.1) is 11.3 Å². The van der Waals surface area contributed by atoms with Crippen LogP contribution in [0.25, 0.3) is 22.3 Å². The number of halogens is 3. The molecule has 2 aliphatic rings. The second-order valence-electron chi connectivity index (χ2n) is 10.5. The summed E-state index contributed by atoms with van der Waals surface area (Å²) in [5.74, 6) is -0.594. The molecule has 6 rings (SSSR count). The lowest BCUT2D eigenvalue weighted by Gasteiger charge is -2.52. The zero-order valence-electron chi connectivity index (χ0n) is 21.8. The molecule has 1 aliphatic carbocycles. The summed E-state index contributed by atoms with van der Waals surface area (Å²) in [4.78, 5) is 32.0. The minimum atomic E-state index is -4.72. The molecule has 0 aromatic carbocycles. The van der Waals surface area contributed by atoms with Gasteiger partial charge in [0.2, 0.25) is 0 Å². The molecular formula is C27H26F3N9O2. The number of amides is 1. The third-order valence-electron chi connectivity index (χ3n) is 8.03. The van der Waals surface area contributed by atoms with Crippen molar-refractivity contribution in [1.29, 1.82) is 5.26 Å². The van der Waals surface area contributed by atoms with Crippen LogP contribution in [0.4, 0.5) is 13.2 Å². The smallest absolute Gasteiger partial charge is 0.392 e. The second kappa shape index (κ2) is 10.2. The van der Waals surface area contributed by atoms with Gasteiger partial charge in [-0.25, -0.2) is 15.0 Å². The van der Waals surface area contributed by atoms with E-state index in [2.05, 4.69) is 36.0 Å². The molecule has 2 fully saturated rings. The largest absolute Gasteiger partial charge is 0.433 e. The van der Waals surface area contributed by atoms with Crippen molar-refractivity contribution in [1.82, 2.24) is 39.5 Å². The molecule has 14 heteroatoms. The van der Waals surface area contributed by atoms with Gasteiger partial charge in [0.15, 0.2) is 0 Å². The van der Waals surface area contributed by atoms with E-state index in [1.807, 2.05) is 16.9 Å². The highest BCUT2D eigenvalue weighted by Gasteiger charge is 2.49. The molecule has 0 bridgehead atoms. The number of nitrogens with zero attached hydrogens (tertiary/aromatic N) is 8. The Morgan fingerprint density at radius 2 is 1.98 bits per heavy atom. The number of hydrogen-bond acceptors (Lipinski definition) is 8. The molecule has 11 nitrogen and oxygen atoms in total. The monoisotopic (exact) mass is 565 g/mol. The van der Waals surface area contributed by atoms with E-state index in [0.717, 1.165) is 28.4 Å². The van der Waals surface area contributed by atoms with Crippen molar-refractivity contribution in [2.75, 3.05) is 26.2 Å². The lowest BCUT2D eigenvalue weighted by Crippen LogP contribution is -2.60. The van der Waals surface area contributed by atoms with Crippen LogP contribution < -0.4 is 0 Å². The van der Waals surface area contributed by atoms with E-state index < -0.39 is 29.9 Å². The Kier molecular flexibility index (Phi) is 6.71. The summed E-state index contributed by atoms with van der Waals surface area (Å²) in [5, 5.41) is 24.5. The molecule has 1 saturated heterocycles. The van der Waals surface area contributed by atoms with Crippen molar-refractivity contribution >= 4 is 16.9 Å². The maximum Gasteiger partial charge on any atom is 0.433 e. The van der Waals surface area contributed by atoms with Crippen LogP contribution in [0.3, 0.4) is 0 Å². The van der Waals surface area contributed by atoms with E-state index in [1.54, 1.807) is 12.4 Å². The number of aliphatic hydroxyl groups excluding tert-OH is 1. The Hall–Kier alpha value is -4.35. The number of alkyl halides is 3. The fraction of sp³-hybridized carbons (Fsp3) is 0.407. The first kappa shape index (κ1) is 26.9. The van der Waals surface area contributed by atoms with Crippen molar-refractivity contribution < 1.29 is 23.1 Å². The number of rotatable bonds is 6. The predicted octanol–water partition coefficient (Wildman–Crippen LogP) is 2.96. The zero-order valence-corrected chi connectivity index (χ0v) is 21.8. The van der Waals surface area contributed by atoms with Crippen molar-refractivity contribution in [2.24, 2.45) is 0 Å². The van der Waals surface area contributed by atoms with E-state index in [1.165, 1.54) is 17.3 Å². The first-order valence-electron chi connectivity index (χ1n) is 13.1. The van der Waals surface area contributed by atoms with Gasteiger partial charge in [0, 0.05) is 55.6 Å². The average molecular weight is 566 g/mol. The van der Waals surface area contributed by atoms with Gasteiger partial charge in [-0.3, -0.25) is 14.4 Å². The van der Waals surface area contributed by atoms with Crippen molar-refractivity contribution in [2.45, 2.75) is 43.6 Å². The highest BCUT2D eigenvalue weighted by atomic mass is 19.4. The van der Waals surface area contributed by atoms with Gasteiger partial charge in [0.25, 0.3) is 5.91 Å². The fourth-order valence-electron chi connectivity index (χ4n) is 5.83. The number of aromatic amines is 1. The Morgan fingerprint density at radius 1 is 1.20 bits per heavy atom. The third kappa shape index (κ3) is 4.91. The second-order valence-corrected chi connectivity index (χ2v) is 10.5. The van der Waals surface area contributed by atoms with E-state index in [9.17, 15) is 28.3 Å². The maximum atomic E-state index is 13.2. The summed E-state index contributed by atoms with van der Waals surface area (Å²) in [6, 6.07) is 6.34. The normalized spacial score (nSPS) is 21.5. The topological polar surface area (TPSA) is 140 Å². The van der Waals surface area contributed by atoms with Gasteiger partial charge >= 0.3 is 6.18 Å². The summed E-state index contributed by atoms with van der Waals surface area (Å²) in [6.45, 7) is 1.13. The summed E-state index contributed by atoms with van der Waals surface area (Å²) < 4.78 is 41.6. The minimum absolute atomic E-state index is 0.0170. The van der Waals surface area contributed by atoms with Gasteiger partial charge < -0.3 is 15.0 Å². The third-order valence-corrected chi connectivity index (χ3v) is 8.03. The van der Waals surface area contributed by atoms with Crippen molar-refractivity contribution in [3.05, 3.63) is 60.1 Å². The number of aromatic nitrogens is 6. The van der Waals surface area contributed by atoms with Gasteiger partial charge in [-0.15, -0.1) is 0 Å². The zero-order chi connectivity index (χ0) is 28.8. The molecule has 0 unspecified atom stereocenters. The van der Waals surface area contributed by atoms with Gasteiger partial charge in [0.1, 0.15) is 23.4 Å². The minimum Gasteiger partial charge on any atom is -0.392 e. The van der Waals surface area contributed by atoms with Gasteiger partial charge in [0.05, 0.1) is 36.5 Å². The number of fused-ring (bicyclic) bond motifs is 1. The number of H-pyrrole nitrogens is 1. The summed E-state index contributed by atoms with van der Waals surface area (Å²) >= 11 is 0. The van der Waals surface area contributed by atoms with Crippen molar-refractivity contribution in [3.63, 3.8) is 0 Å². The SMILES string of the molecule is N#CC[C@]1(n2cc(-c3ncnc4[nH]ccc34)cn2)C[C@H](N2CCN(C(=O)c3cc(CO)cc(C(F)(F)F)n3)CC2)C1. The molecule has 41 heavy (non-hydrogen) atoms. The molecule has 2 N–H and O–H groups in total. The number of carbonyl (C=O) groups excluding carboxylic acids is 1. The predicted molar refractivity (Wildman–Crippen MR) is 139 cm³/mol. The first-order chi connectivity index (χ1) is 19.7. The molecule has 1 saturated carbocycles. The Balaban J connectivity index is 1.12. The van der Waals surface area contributed by atoms with Crippen LogP contribution in [-0.4, -0.2) is 82.8 Å². The number of piperazine rings is 1. The van der Waals surface area contributed by atoms with Crippen molar-refractivity contribution in [3.8, 4) is 17.3 Å². The molecule has 4 aromatic rings. The quantitative estimate of drug-likeness (QED) is 0.364. The molecule has 0 radical (unpaired) electrons. The molecule has 212 valence electrons. The van der Waals surface area contributed by atoms with Crippen LogP contribution in [0.1, 0.15) is 41.0 Å². The standard InChI is InChI=1S/C27H26F3N9O2/c28-27(29,30)22-10-17(15-40)9-21(36-22)25(41)38-7-5-37(6-8-38)19-11-26(12-19,2-3-31)39-14-18(13-35-39)23-20-1-4-32-24(20)34-16-33-23/h1,4,9-10,13-14,16,19,40H,2,5-8,11-12,15H2,(H,32,33,34)/t19-,26-. The summed E-state index contributed by atoms with van der Waals surface area (Å²) in [5.41, 5.74) is 0.310. The van der Waals surface area contributed by atoms with E-state index in [0.29, 0.717) is 45.4 Å². The van der Waals surface area contributed by atoms with Crippen LogP contribution in [0.5, 0.6) is 0 Å². The van der Waals surface area contributed by atoms with Gasteiger partial charge in [-0.2, -0.15) is 23.5 Å². The number of nitrogens with one attached hydrogen (secondary N) is 1. The number of aliphatic hydroxyl groups is 1. The lowest BCUT2D eigenvalue weighted by molar-refractivity contribution is -0.141. The lowest BCUT2D eigenvalue weighted by atomic mass is 9.70. The van der Waals surface area contributed by atoms with Crippen LogP contribution in [-0.2, 0) is 18.3 Å². The molecule has 1 aliphatic heterocycles. The maximum absolute atomic E-state index is 13.2. The number of pyridine rings is 1. The molecule has 0 spiro atoms. The fourth-order valence-corrected chi connectivity index (χ4v) is 5.83. The molecule has 4 aromatic heterocycles. The first-order valence-corrected chi connectivity index (χ1v) is 13.1. The van der Waals surface area contributed by atoms with E-state index in [4.69, 9.17) is 0 Å². The Labute approximate surface area is 232 Å². The van der Waals surface area contributed by atoms with E-state index >= 15 is 0 Å². The Bertz CT molecular complexity index is 1630.